The minimum atomic E-state index is -0.147. The molecule has 0 radical (unpaired) electrons. The lowest BCUT2D eigenvalue weighted by Gasteiger charge is -2.15. The van der Waals surface area contributed by atoms with Gasteiger partial charge in [0.05, 0.1) is 11.4 Å². The van der Waals surface area contributed by atoms with E-state index < -0.39 is 0 Å². The van der Waals surface area contributed by atoms with Gasteiger partial charge in [0.15, 0.2) is 0 Å². The Bertz CT molecular complexity index is 485. The van der Waals surface area contributed by atoms with Gasteiger partial charge in [-0.3, -0.25) is 9.59 Å². The van der Waals surface area contributed by atoms with Crippen molar-refractivity contribution in [2.75, 3.05) is 33.9 Å². The van der Waals surface area contributed by atoms with Gasteiger partial charge in [-0.2, -0.15) is 0 Å². The number of ether oxygens (including phenoxy) is 1. The number of aryl methyl sites for hydroxylation is 2. The monoisotopic (exact) mass is 312 g/mol. The largest absolute Gasteiger partial charge is 0.385 e. The normalized spacial score (nSPS) is 10.5. The van der Waals surface area contributed by atoms with Crippen LogP contribution in [-0.2, 0) is 16.0 Å². The Morgan fingerprint density at radius 3 is 2.71 bits per heavy atom. The van der Waals surface area contributed by atoms with Crippen LogP contribution >= 0.6 is 11.3 Å². The molecule has 0 aromatic carbocycles. The third kappa shape index (κ3) is 5.47. The highest BCUT2D eigenvalue weighted by molar-refractivity contribution is 7.14. The number of methoxy groups -OCH3 is 1. The Hall–Kier alpha value is -1.40. The van der Waals surface area contributed by atoms with Crippen molar-refractivity contribution in [3.63, 3.8) is 0 Å². The van der Waals surface area contributed by atoms with Crippen molar-refractivity contribution in [3.8, 4) is 0 Å². The van der Waals surface area contributed by atoms with Crippen molar-refractivity contribution in [3.05, 3.63) is 21.4 Å². The van der Waals surface area contributed by atoms with Gasteiger partial charge in [0.1, 0.15) is 0 Å². The van der Waals surface area contributed by atoms with Gasteiger partial charge in [0.25, 0.3) is 5.91 Å². The van der Waals surface area contributed by atoms with Crippen molar-refractivity contribution < 1.29 is 14.3 Å². The van der Waals surface area contributed by atoms with Crippen LogP contribution in [0.5, 0.6) is 0 Å². The molecule has 0 unspecified atom stereocenters. The first-order valence-electron chi connectivity index (χ1n) is 7.10. The van der Waals surface area contributed by atoms with Crippen LogP contribution in [0.1, 0.15) is 33.5 Å². The lowest BCUT2D eigenvalue weighted by atomic mass is 10.2. The number of nitrogens with one attached hydrogen (secondary N) is 1. The Labute approximate surface area is 130 Å². The van der Waals surface area contributed by atoms with Crippen LogP contribution in [0, 0.1) is 6.92 Å². The van der Waals surface area contributed by atoms with Crippen molar-refractivity contribution in [1.82, 2.24) is 10.2 Å². The molecule has 0 fully saturated rings. The number of rotatable bonds is 8. The van der Waals surface area contributed by atoms with E-state index >= 15 is 0 Å². The van der Waals surface area contributed by atoms with E-state index in [0.29, 0.717) is 18.0 Å². The summed E-state index contributed by atoms with van der Waals surface area (Å²) in [5, 5.41) is 2.77. The molecule has 1 heterocycles. The second kappa shape index (κ2) is 8.79. The van der Waals surface area contributed by atoms with Gasteiger partial charge < -0.3 is 15.0 Å². The average molecular weight is 312 g/mol. The number of carbonyl (C=O) groups is 2. The van der Waals surface area contributed by atoms with Crippen LogP contribution in [0.2, 0.25) is 0 Å². The van der Waals surface area contributed by atoms with Gasteiger partial charge in [-0.25, -0.2) is 0 Å². The van der Waals surface area contributed by atoms with E-state index in [2.05, 4.69) is 12.2 Å². The van der Waals surface area contributed by atoms with E-state index in [0.717, 1.165) is 18.4 Å². The van der Waals surface area contributed by atoms with Gasteiger partial charge in [0.2, 0.25) is 5.91 Å². The minimum Gasteiger partial charge on any atom is -0.385 e. The molecule has 6 heteroatoms. The molecule has 0 aliphatic heterocycles. The number of hydrogen-bond acceptors (Lipinski definition) is 4. The Balaban J connectivity index is 2.48. The summed E-state index contributed by atoms with van der Waals surface area (Å²) in [7, 11) is 3.28. The highest BCUT2D eigenvalue weighted by Crippen LogP contribution is 2.23. The van der Waals surface area contributed by atoms with Crippen LogP contribution < -0.4 is 5.32 Å². The molecule has 0 saturated heterocycles. The quantitative estimate of drug-likeness (QED) is 0.745. The predicted molar refractivity (Wildman–Crippen MR) is 84.9 cm³/mol. The molecule has 2 amide bonds. The molecule has 1 rings (SSSR count). The van der Waals surface area contributed by atoms with Crippen LogP contribution in [0.25, 0.3) is 0 Å². The molecule has 0 saturated carbocycles. The summed E-state index contributed by atoms with van der Waals surface area (Å²) in [5.74, 6) is -0.249. The third-order valence-electron chi connectivity index (χ3n) is 3.13. The number of likely N-dealkylation sites (N-methyl/N-ethyl adjacent to an activating group) is 1. The zero-order valence-electron chi connectivity index (χ0n) is 13.2. The molecular formula is C15H24N2O3S. The third-order valence-corrected chi connectivity index (χ3v) is 4.50. The van der Waals surface area contributed by atoms with Gasteiger partial charge in [-0.05, 0) is 31.4 Å². The molecule has 0 aliphatic carbocycles. The maximum Gasteiger partial charge on any atom is 0.264 e. The molecular weight excluding hydrogens is 288 g/mol. The number of hydrogen-bond donors (Lipinski definition) is 1. The maximum absolute atomic E-state index is 12.3. The molecule has 5 nitrogen and oxygen atoms in total. The number of thiophene rings is 1. The van der Waals surface area contributed by atoms with Gasteiger partial charge in [-0.1, -0.05) is 6.92 Å². The first kappa shape index (κ1) is 17.7. The molecule has 0 bridgehead atoms. The molecule has 118 valence electrons. The lowest BCUT2D eigenvalue weighted by molar-refractivity contribution is -0.121. The molecule has 0 spiro atoms. The van der Waals surface area contributed by atoms with Crippen LogP contribution in [0.3, 0.4) is 0 Å². The van der Waals surface area contributed by atoms with Crippen LogP contribution in [-0.4, -0.2) is 50.6 Å². The minimum absolute atomic E-state index is 0.0736. The molecule has 0 atom stereocenters. The Morgan fingerprint density at radius 2 is 2.14 bits per heavy atom. The van der Waals surface area contributed by atoms with Gasteiger partial charge in [-0.15, -0.1) is 11.3 Å². The average Bonchev–Trinajstić information content (AvgIpc) is 2.83. The number of carbonyl (C=O) groups excluding carboxylic acids is 2. The van der Waals surface area contributed by atoms with Crippen molar-refractivity contribution in [2.24, 2.45) is 0 Å². The highest BCUT2D eigenvalue weighted by Gasteiger charge is 2.17. The zero-order valence-corrected chi connectivity index (χ0v) is 14.0. The van der Waals surface area contributed by atoms with E-state index in [4.69, 9.17) is 4.74 Å². The van der Waals surface area contributed by atoms with Crippen LogP contribution in [0.15, 0.2) is 6.07 Å². The number of amides is 2. The first-order valence-corrected chi connectivity index (χ1v) is 7.91. The number of nitrogens with zero attached hydrogens (tertiary/aromatic N) is 1. The summed E-state index contributed by atoms with van der Waals surface area (Å²) in [6.07, 6.45) is 1.69. The molecule has 1 N–H and O–H groups in total. The molecule has 21 heavy (non-hydrogen) atoms. The van der Waals surface area contributed by atoms with E-state index in [-0.39, 0.29) is 18.4 Å². The Morgan fingerprint density at radius 1 is 1.43 bits per heavy atom. The second-order valence-electron chi connectivity index (χ2n) is 4.93. The summed E-state index contributed by atoms with van der Waals surface area (Å²) in [6.45, 7) is 5.33. The van der Waals surface area contributed by atoms with E-state index in [1.165, 1.54) is 21.1 Å². The van der Waals surface area contributed by atoms with Crippen molar-refractivity contribution in [1.29, 1.82) is 0 Å². The smallest absolute Gasteiger partial charge is 0.264 e. The summed E-state index contributed by atoms with van der Waals surface area (Å²) in [6, 6.07) is 1.90. The van der Waals surface area contributed by atoms with E-state index in [1.54, 1.807) is 14.2 Å². The van der Waals surface area contributed by atoms with E-state index in [1.807, 2.05) is 13.0 Å². The fourth-order valence-corrected chi connectivity index (χ4v) is 3.06. The topological polar surface area (TPSA) is 58.6 Å². The predicted octanol–water partition coefficient (Wildman–Crippen LogP) is 1.84. The summed E-state index contributed by atoms with van der Waals surface area (Å²) in [5.41, 5.74) is 1.14. The molecule has 1 aromatic heterocycles. The highest BCUT2D eigenvalue weighted by atomic mass is 32.1. The van der Waals surface area contributed by atoms with E-state index in [9.17, 15) is 9.59 Å². The van der Waals surface area contributed by atoms with Crippen molar-refractivity contribution in [2.45, 2.75) is 26.7 Å². The second-order valence-corrected chi connectivity index (χ2v) is 6.06. The van der Waals surface area contributed by atoms with Gasteiger partial charge >= 0.3 is 0 Å². The van der Waals surface area contributed by atoms with Gasteiger partial charge in [0, 0.05) is 32.2 Å². The summed E-state index contributed by atoms with van der Waals surface area (Å²) >= 11 is 1.51. The zero-order chi connectivity index (χ0) is 15.8. The molecule has 0 aliphatic rings. The van der Waals surface area contributed by atoms with Crippen LogP contribution in [0.4, 0.5) is 0 Å². The summed E-state index contributed by atoms with van der Waals surface area (Å²) < 4.78 is 4.91. The summed E-state index contributed by atoms with van der Waals surface area (Å²) in [4.78, 5) is 27.4. The van der Waals surface area contributed by atoms with Crippen molar-refractivity contribution >= 4 is 23.2 Å². The Kier molecular flexibility index (Phi) is 7.39. The first-order chi connectivity index (χ1) is 9.99. The standard InChI is InChI=1S/C15H24N2O3S/c1-5-12-11(2)9-13(21-12)15(19)17(3)10-14(18)16-7-6-8-20-4/h9H,5-8,10H2,1-4H3,(H,16,18). The fourth-order valence-electron chi connectivity index (χ4n) is 1.95. The molecule has 1 aromatic rings. The fraction of sp³-hybridized carbons (Fsp3) is 0.600. The lowest BCUT2D eigenvalue weighted by Crippen LogP contribution is -2.38. The SMILES string of the molecule is CCc1sc(C(=O)N(C)CC(=O)NCCCOC)cc1C. The maximum atomic E-state index is 12.3.